The number of hydrogen-bond acceptors (Lipinski definition) is 16. The summed E-state index contributed by atoms with van der Waals surface area (Å²) in [7, 11) is 0. The first-order valence-corrected chi connectivity index (χ1v) is 16.1. The van der Waals surface area contributed by atoms with Gasteiger partial charge in [0.05, 0.1) is 16.6 Å². The molecule has 0 N–H and O–H groups in total. The summed E-state index contributed by atoms with van der Waals surface area (Å²) < 4.78 is 59.7. The van der Waals surface area contributed by atoms with E-state index in [-0.39, 0.29) is 18.0 Å². The van der Waals surface area contributed by atoms with Gasteiger partial charge in [0.15, 0.2) is 36.5 Å². The highest BCUT2D eigenvalue weighted by atomic mass is 16.8. The lowest BCUT2D eigenvalue weighted by atomic mass is 9.97. The SMILES string of the molecule is CC(=O)OC1C(OC(C)=O)[C@H](OC(C)=O)[C@H](C)O[C@H]1OC1C2OC(C)(C)O[C@H]2C(COC(=O)c2ccccc2)O[C@@H]1Oc1ccc([N+](=O)[O-])cc1. The van der Waals surface area contributed by atoms with Gasteiger partial charge in [-0.15, -0.1) is 0 Å². The Morgan fingerprint density at radius 3 is 1.96 bits per heavy atom. The Bertz CT molecular complexity index is 1580. The molecule has 3 saturated heterocycles. The highest BCUT2D eigenvalue weighted by Crippen LogP contribution is 2.41. The average Bonchev–Trinajstić information content (AvgIpc) is 3.39. The fourth-order valence-electron chi connectivity index (χ4n) is 6.04. The van der Waals surface area contributed by atoms with Crippen molar-refractivity contribution < 1.29 is 71.5 Å². The van der Waals surface area contributed by atoms with Gasteiger partial charge in [-0.3, -0.25) is 24.5 Å². The third-order valence-electron chi connectivity index (χ3n) is 8.04. The van der Waals surface area contributed by atoms with Crippen LogP contribution in [0.2, 0.25) is 0 Å². The fourth-order valence-corrected chi connectivity index (χ4v) is 6.04. The van der Waals surface area contributed by atoms with Gasteiger partial charge in [0.25, 0.3) is 5.69 Å². The van der Waals surface area contributed by atoms with Crippen molar-refractivity contribution in [1.82, 2.24) is 0 Å². The second kappa shape index (κ2) is 15.7. The summed E-state index contributed by atoms with van der Waals surface area (Å²) in [6.07, 6.45) is -12.0. The predicted octanol–water partition coefficient (Wildman–Crippen LogP) is 3.00. The van der Waals surface area contributed by atoms with Gasteiger partial charge in [0, 0.05) is 32.9 Å². The van der Waals surface area contributed by atoms with E-state index in [9.17, 15) is 29.3 Å². The number of nitrogens with zero attached hydrogens (tertiary/aromatic N) is 1. The molecule has 0 bridgehead atoms. The second-order valence-corrected chi connectivity index (χ2v) is 12.5. The smallest absolute Gasteiger partial charge is 0.338 e. The minimum atomic E-state index is -1.49. The third kappa shape index (κ3) is 9.17. The Morgan fingerprint density at radius 1 is 0.765 bits per heavy atom. The predicted molar refractivity (Wildman–Crippen MR) is 169 cm³/mol. The van der Waals surface area contributed by atoms with Crippen molar-refractivity contribution in [2.45, 2.75) is 109 Å². The summed E-state index contributed by atoms with van der Waals surface area (Å²) in [5, 5.41) is 11.3. The molecule has 3 aliphatic heterocycles. The molecule has 51 heavy (non-hydrogen) atoms. The van der Waals surface area contributed by atoms with E-state index in [1.807, 2.05) is 0 Å². The van der Waals surface area contributed by atoms with Gasteiger partial charge in [0.2, 0.25) is 6.29 Å². The van der Waals surface area contributed by atoms with E-state index in [0.717, 1.165) is 20.8 Å². The van der Waals surface area contributed by atoms with E-state index >= 15 is 0 Å². The lowest BCUT2D eigenvalue weighted by Crippen LogP contribution is -2.65. The first-order valence-electron chi connectivity index (χ1n) is 16.1. The molecule has 2 aromatic carbocycles. The van der Waals surface area contributed by atoms with Crippen LogP contribution in [0.3, 0.4) is 0 Å². The Labute approximate surface area is 292 Å². The molecule has 3 heterocycles. The van der Waals surface area contributed by atoms with Crippen LogP contribution in [-0.4, -0.2) is 103 Å². The first kappa shape index (κ1) is 37.6. The molecule has 2 aromatic rings. The van der Waals surface area contributed by atoms with Gasteiger partial charge in [0.1, 0.15) is 30.7 Å². The Balaban J connectivity index is 1.49. The molecule has 5 rings (SSSR count). The van der Waals surface area contributed by atoms with E-state index in [1.54, 1.807) is 51.1 Å². The maximum atomic E-state index is 12.9. The number of hydrogen-bond donors (Lipinski definition) is 0. The molecule has 10 atom stereocenters. The molecule has 17 nitrogen and oxygen atoms in total. The zero-order chi connectivity index (χ0) is 37.0. The Kier molecular flexibility index (Phi) is 11.6. The first-order chi connectivity index (χ1) is 24.1. The molecule has 0 aromatic heterocycles. The van der Waals surface area contributed by atoms with Crippen LogP contribution in [0.5, 0.6) is 5.75 Å². The van der Waals surface area contributed by atoms with E-state index in [2.05, 4.69) is 0 Å². The maximum absolute atomic E-state index is 12.9. The van der Waals surface area contributed by atoms with Crippen LogP contribution >= 0.6 is 0 Å². The number of non-ortho nitro benzene ring substituents is 1. The zero-order valence-corrected chi connectivity index (χ0v) is 28.7. The van der Waals surface area contributed by atoms with Crippen molar-refractivity contribution in [3.8, 4) is 5.75 Å². The second-order valence-electron chi connectivity index (χ2n) is 12.5. The molecule has 0 spiro atoms. The molecular weight excluding hydrogens is 678 g/mol. The van der Waals surface area contributed by atoms with E-state index in [4.69, 9.17) is 47.4 Å². The number of carbonyl (C=O) groups is 4. The normalized spacial score (nSPS) is 31.0. The molecule has 17 heteroatoms. The number of ether oxygens (including phenoxy) is 10. The van der Waals surface area contributed by atoms with Crippen LogP contribution in [0.15, 0.2) is 54.6 Å². The highest BCUT2D eigenvalue weighted by Gasteiger charge is 2.60. The van der Waals surface area contributed by atoms with Crippen LogP contribution in [0.25, 0.3) is 0 Å². The van der Waals surface area contributed by atoms with Crippen molar-refractivity contribution in [1.29, 1.82) is 0 Å². The van der Waals surface area contributed by atoms with Crippen molar-refractivity contribution in [3.63, 3.8) is 0 Å². The third-order valence-corrected chi connectivity index (χ3v) is 8.04. The Hall–Kier alpha value is -4.68. The monoisotopic (exact) mass is 717 g/mol. The number of nitro benzene ring substituents is 1. The number of benzene rings is 2. The number of nitro groups is 1. The van der Waals surface area contributed by atoms with Gasteiger partial charge in [-0.05, 0) is 45.0 Å². The lowest BCUT2D eigenvalue weighted by molar-refractivity contribution is -0.384. The minimum Gasteiger partial charge on any atom is -0.462 e. The number of fused-ring (bicyclic) bond motifs is 1. The van der Waals surface area contributed by atoms with Gasteiger partial charge in [-0.2, -0.15) is 0 Å². The minimum absolute atomic E-state index is 0.137. The number of carbonyl (C=O) groups excluding carboxylic acids is 4. The molecule has 276 valence electrons. The van der Waals surface area contributed by atoms with E-state index in [0.29, 0.717) is 5.56 Å². The molecule has 0 radical (unpaired) electrons. The van der Waals surface area contributed by atoms with Gasteiger partial charge < -0.3 is 47.4 Å². The van der Waals surface area contributed by atoms with E-state index in [1.165, 1.54) is 24.3 Å². The molecule has 3 fully saturated rings. The van der Waals surface area contributed by atoms with Crippen molar-refractivity contribution in [3.05, 3.63) is 70.3 Å². The standard InChI is InChI=1S/C34H39NO16/c1-17-25(44-18(2)36)27(45-19(3)37)29(46-20(4)38)32(43-17)49-30-28-26(50-34(5,6)51-28)24(16-42-31(39)21-10-8-7-9-11-21)48-33(30)47-23-14-12-22(13-15-23)35(40)41/h7-15,17,24-30,32-33H,16H2,1-6H3/t17-,24?,25+,26-,27?,28?,29?,30?,32-,33-/m0/s1. The zero-order valence-electron chi connectivity index (χ0n) is 28.7. The largest absolute Gasteiger partial charge is 0.462 e. The van der Waals surface area contributed by atoms with E-state index < -0.39 is 96.0 Å². The molecule has 0 amide bonds. The lowest BCUT2D eigenvalue weighted by Gasteiger charge is -2.47. The number of esters is 4. The van der Waals surface area contributed by atoms with Crippen molar-refractivity contribution in [2.75, 3.05) is 6.61 Å². The summed E-state index contributed by atoms with van der Waals surface area (Å²) in [6, 6.07) is 13.5. The summed E-state index contributed by atoms with van der Waals surface area (Å²) in [6.45, 7) is 7.98. The summed E-state index contributed by atoms with van der Waals surface area (Å²) in [4.78, 5) is 60.1. The molecule has 0 aliphatic carbocycles. The topological polar surface area (TPSA) is 204 Å². The molecular formula is C34H39NO16. The fraction of sp³-hybridized carbons (Fsp3) is 0.529. The summed E-state index contributed by atoms with van der Waals surface area (Å²) >= 11 is 0. The summed E-state index contributed by atoms with van der Waals surface area (Å²) in [5.74, 6) is -3.94. The average molecular weight is 718 g/mol. The van der Waals surface area contributed by atoms with Crippen LogP contribution in [0.1, 0.15) is 51.9 Å². The summed E-state index contributed by atoms with van der Waals surface area (Å²) in [5.41, 5.74) is 0.121. The Morgan fingerprint density at radius 2 is 1.35 bits per heavy atom. The quantitative estimate of drug-likeness (QED) is 0.142. The molecule has 3 aliphatic rings. The number of rotatable bonds is 11. The van der Waals surface area contributed by atoms with Gasteiger partial charge >= 0.3 is 23.9 Å². The van der Waals surface area contributed by atoms with Crippen LogP contribution in [0.4, 0.5) is 5.69 Å². The van der Waals surface area contributed by atoms with Crippen molar-refractivity contribution >= 4 is 29.6 Å². The van der Waals surface area contributed by atoms with Gasteiger partial charge in [-0.25, -0.2) is 4.79 Å². The maximum Gasteiger partial charge on any atom is 0.338 e. The highest BCUT2D eigenvalue weighted by molar-refractivity contribution is 5.89. The van der Waals surface area contributed by atoms with Crippen molar-refractivity contribution in [2.24, 2.45) is 0 Å². The van der Waals surface area contributed by atoms with Gasteiger partial charge in [-0.1, -0.05) is 18.2 Å². The molecule has 5 unspecified atom stereocenters. The molecule has 0 saturated carbocycles. The van der Waals surface area contributed by atoms with Crippen LogP contribution < -0.4 is 4.74 Å². The van der Waals surface area contributed by atoms with Crippen LogP contribution in [-0.2, 0) is 57.0 Å². The van der Waals surface area contributed by atoms with Crippen LogP contribution in [0, 0.1) is 10.1 Å².